The highest BCUT2D eigenvalue weighted by molar-refractivity contribution is 9.10. The zero-order valence-electron chi connectivity index (χ0n) is 9.37. The van der Waals surface area contributed by atoms with Gasteiger partial charge in [-0.15, -0.1) is 0 Å². The van der Waals surface area contributed by atoms with Crippen molar-refractivity contribution in [2.75, 3.05) is 4.31 Å². The van der Waals surface area contributed by atoms with Gasteiger partial charge in [-0.1, -0.05) is 11.6 Å². The van der Waals surface area contributed by atoms with Crippen molar-refractivity contribution < 1.29 is 17.6 Å². The molecule has 0 saturated carbocycles. The third kappa shape index (κ3) is 1.60. The highest BCUT2D eigenvalue weighted by atomic mass is 79.9. The molecule has 2 rings (SSSR count). The Morgan fingerprint density at radius 2 is 1.94 bits per heavy atom. The number of carbonyl (C=O) groups excluding carboxylic acids is 1. The van der Waals surface area contributed by atoms with Crippen molar-refractivity contribution in [1.29, 1.82) is 0 Å². The van der Waals surface area contributed by atoms with Crippen LogP contribution in [0.4, 0.5) is 10.1 Å². The molecule has 1 heterocycles. The van der Waals surface area contributed by atoms with E-state index < -0.39 is 26.5 Å². The minimum Gasteiger partial charge on any atom is -0.272 e. The Kier molecular flexibility index (Phi) is 2.99. The smallest absolute Gasteiger partial charge is 0.263 e. The van der Waals surface area contributed by atoms with Gasteiger partial charge in [0.15, 0.2) is 4.75 Å². The minimum absolute atomic E-state index is 0.0533. The van der Waals surface area contributed by atoms with E-state index in [1.807, 2.05) is 0 Å². The summed E-state index contributed by atoms with van der Waals surface area (Å²) < 4.78 is 36.3. The molecule has 8 heteroatoms. The lowest BCUT2D eigenvalue weighted by Crippen LogP contribution is -2.67. The first kappa shape index (κ1) is 13.8. The summed E-state index contributed by atoms with van der Waals surface area (Å²) in [5.74, 6) is -1.23. The standard InChI is InChI=1S/C10H8BrClFNO3S/c1-10(2)9(15)14(18(10,16)17)8-6(11)3-5(13)4-7(8)12/h3-4H,1-2H3. The zero-order chi connectivity index (χ0) is 13.9. The average molecular weight is 357 g/mol. The van der Waals surface area contributed by atoms with Crippen molar-refractivity contribution in [3.05, 3.63) is 27.4 Å². The molecular formula is C10H8BrClFNO3S. The number of hydrogen-bond donors (Lipinski definition) is 0. The monoisotopic (exact) mass is 355 g/mol. The van der Waals surface area contributed by atoms with Crippen molar-refractivity contribution in [2.45, 2.75) is 18.6 Å². The van der Waals surface area contributed by atoms with E-state index in [4.69, 9.17) is 11.6 Å². The number of rotatable bonds is 1. The van der Waals surface area contributed by atoms with E-state index >= 15 is 0 Å². The van der Waals surface area contributed by atoms with Crippen LogP contribution in [0.3, 0.4) is 0 Å². The number of amides is 1. The third-order valence-electron chi connectivity index (χ3n) is 2.77. The van der Waals surface area contributed by atoms with Crippen LogP contribution >= 0.6 is 27.5 Å². The van der Waals surface area contributed by atoms with Crippen molar-refractivity contribution >= 4 is 49.1 Å². The Morgan fingerprint density at radius 1 is 1.39 bits per heavy atom. The molecule has 0 radical (unpaired) electrons. The van der Waals surface area contributed by atoms with Crippen molar-refractivity contribution in [2.24, 2.45) is 0 Å². The second kappa shape index (κ2) is 3.91. The van der Waals surface area contributed by atoms with Gasteiger partial charge in [-0.25, -0.2) is 17.1 Å². The maximum absolute atomic E-state index is 13.1. The molecule has 0 aliphatic carbocycles. The van der Waals surface area contributed by atoms with Crippen molar-refractivity contribution in [3.8, 4) is 0 Å². The highest BCUT2D eigenvalue weighted by Gasteiger charge is 2.61. The molecular weight excluding hydrogens is 349 g/mol. The Hall–Kier alpha value is -0.660. The summed E-state index contributed by atoms with van der Waals surface area (Å²) in [6, 6.07) is 2.01. The van der Waals surface area contributed by atoms with E-state index in [2.05, 4.69) is 15.9 Å². The van der Waals surface area contributed by atoms with Gasteiger partial charge in [0.2, 0.25) is 0 Å². The molecule has 1 aliphatic heterocycles. The van der Waals surface area contributed by atoms with E-state index in [-0.39, 0.29) is 15.2 Å². The van der Waals surface area contributed by atoms with Gasteiger partial charge in [0.1, 0.15) is 5.82 Å². The summed E-state index contributed by atoms with van der Waals surface area (Å²) in [4.78, 5) is 11.9. The fourth-order valence-electron chi connectivity index (χ4n) is 1.60. The maximum atomic E-state index is 13.1. The molecule has 4 nitrogen and oxygen atoms in total. The van der Waals surface area contributed by atoms with Crippen molar-refractivity contribution in [1.82, 2.24) is 0 Å². The van der Waals surface area contributed by atoms with Crippen LogP contribution in [0.2, 0.25) is 5.02 Å². The summed E-state index contributed by atoms with van der Waals surface area (Å²) >= 11 is 8.81. The molecule has 1 aromatic rings. The lowest BCUT2D eigenvalue weighted by atomic mass is 10.1. The van der Waals surface area contributed by atoms with Crippen LogP contribution < -0.4 is 4.31 Å². The van der Waals surface area contributed by atoms with Crippen LogP contribution in [-0.2, 0) is 14.8 Å². The average Bonchev–Trinajstić information content (AvgIpc) is 2.21. The fourth-order valence-corrected chi connectivity index (χ4v) is 4.31. The number of sulfonamides is 1. The van der Waals surface area contributed by atoms with Gasteiger partial charge in [0.05, 0.1) is 10.7 Å². The molecule has 1 aromatic carbocycles. The van der Waals surface area contributed by atoms with Gasteiger partial charge in [-0.05, 0) is 41.9 Å². The number of hydrogen-bond acceptors (Lipinski definition) is 3. The van der Waals surface area contributed by atoms with E-state index in [0.29, 0.717) is 4.31 Å². The molecule has 0 spiro atoms. The number of nitrogens with zero attached hydrogens (tertiary/aromatic N) is 1. The van der Waals surface area contributed by atoms with Gasteiger partial charge in [0.25, 0.3) is 15.9 Å². The Labute approximate surface area is 117 Å². The molecule has 0 unspecified atom stereocenters. The van der Waals surface area contributed by atoms with Gasteiger partial charge >= 0.3 is 0 Å². The summed E-state index contributed by atoms with van der Waals surface area (Å²) in [6.45, 7) is 2.62. The minimum atomic E-state index is -3.81. The topological polar surface area (TPSA) is 54.5 Å². The first-order valence-electron chi connectivity index (χ1n) is 4.84. The maximum Gasteiger partial charge on any atom is 0.263 e. The molecule has 0 aromatic heterocycles. The van der Waals surface area contributed by atoms with Crippen LogP contribution in [0, 0.1) is 5.82 Å². The molecule has 0 N–H and O–H groups in total. The van der Waals surface area contributed by atoms with Gasteiger partial charge in [0, 0.05) is 4.47 Å². The van der Waals surface area contributed by atoms with Crippen LogP contribution in [0.15, 0.2) is 16.6 Å². The molecule has 1 amide bonds. The molecule has 1 saturated heterocycles. The van der Waals surface area contributed by atoms with Gasteiger partial charge in [-0.3, -0.25) is 4.79 Å². The second-order valence-electron chi connectivity index (χ2n) is 4.30. The van der Waals surface area contributed by atoms with Crippen LogP contribution in [0.5, 0.6) is 0 Å². The summed E-state index contributed by atoms with van der Waals surface area (Å²) in [7, 11) is -3.81. The zero-order valence-corrected chi connectivity index (χ0v) is 12.5. The fraction of sp³-hybridized carbons (Fsp3) is 0.300. The molecule has 0 bridgehead atoms. The summed E-state index contributed by atoms with van der Waals surface area (Å²) in [5.41, 5.74) is -0.0533. The largest absolute Gasteiger partial charge is 0.272 e. The van der Waals surface area contributed by atoms with Crippen LogP contribution in [-0.4, -0.2) is 19.1 Å². The molecule has 1 fully saturated rings. The number of halogens is 3. The highest BCUT2D eigenvalue weighted by Crippen LogP contribution is 2.45. The Morgan fingerprint density at radius 3 is 2.39 bits per heavy atom. The van der Waals surface area contributed by atoms with Crippen LogP contribution in [0.1, 0.15) is 13.8 Å². The second-order valence-corrected chi connectivity index (χ2v) is 7.90. The summed E-state index contributed by atoms with van der Waals surface area (Å²) in [5, 5.41) is -0.144. The molecule has 0 atom stereocenters. The van der Waals surface area contributed by atoms with Crippen LogP contribution in [0.25, 0.3) is 0 Å². The Balaban J connectivity index is 2.64. The molecule has 1 aliphatic rings. The Bertz CT molecular complexity index is 636. The normalized spacial score (nSPS) is 20.7. The lowest BCUT2D eigenvalue weighted by molar-refractivity contribution is -0.120. The summed E-state index contributed by atoms with van der Waals surface area (Å²) in [6.07, 6.45) is 0. The predicted octanol–water partition coefficient (Wildman–Crippen LogP) is 2.70. The quantitative estimate of drug-likeness (QED) is 0.777. The van der Waals surface area contributed by atoms with E-state index in [1.54, 1.807) is 0 Å². The number of benzene rings is 1. The van der Waals surface area contributed by atoms with Gasteiger partial charge in [-0.2, -0.15) is 0 Å². The third-order valence-corrected chi connectivity index (χ3v) is 5.96. The molecule has 98 valence electrons. The number of carbonyl (C=O) groups is 1. The molecule has 18 heavy (non-hydrogen) atoms. The lowest BCUT2D eigenvalue weighted by Gasteiger charge is -2.43. The van der Waals surface area contributed by atoms with E-state index in [0.717, 1.165) is 12.1 Å². The van der Waals surface area contributed by atoms with E-state index in [9.17, 15) is 17.6 Å². The van der Waals surface area contributed by atoms with Crippen molar-refractivity contribution in [3.63, 3.8) is 0 Å². The van der Waals surface area contributed by atoms with E-state index in [1.165, 1.54) is 13.8 Å². The number of anilines is 1. The predicted molar refractivity (Wildman–Crippen MR) is 69.6 cm³/mol. The first-order valence-corrected chi connectivity index (χ1v) is 7.45. The van der Waals surface area contributed by atoms with Gasteiger partial charge < -0.3 is 0 Å². The first-order chi connectivity index (χ1) is 8.10. The SMILES string of the molecule is CC1(C)C(=O)N(c2c(Cl)cc(F)cc2Br)S1(=O)=O.